The first-order chi connectivity index (χ1) is 6.75. The Bertz CT molecular complexity index is 333. The van der Waals surface area contributed by atoms with Crippen LogP contribution in [0.2, 0.25) is 4.34 Å². The van der Waals surface area contributed by atoms with Crippen LogP contribution in [-0.2, 0) is 4.74 Å². The molecule has 1 fully saturated rings. The molecule has 0 bridgehead atoms. The van der Waals surface area contributed by atoms with Gasteiger partial charge in [-0.3, -0.25) is 4.79 Å². The fourth-order valence-corrected chi connectivity index (χ4v) is 2.29. The van der Waals surface area contributed by atoms with Gasteiger partial charge in [0, 0.05) is 6.61 Å². The molecule has 5 heteroatoms. The topological polar surface area (TPSA) is 38.3 Å². The Morgan fingerprint density at radius 1 is 1.64 bits per heavy atom. The van der Waals surface area contributed by atoms with Crippen molar-refractivity contribution in [2.24, 2.45) is 0 Å². The van der Waals surface area contributed by atoms with E-state index in [0.29, 0.717) is 15.8 Å². The Kier molecular flexibility index (Phi) is 3.05. The summed E-state index contributed by atoms with van der Waals surface area (Å²) in [6.07, 6.45) is 0.894. The van der Waals surface area contributed by atoms with E-state index >= 15 is 0 Å². The SMILES string of the molecule is O=C(N[C@H]1CCOC1)c1ccc(Cl)s1. The summed E-state index contributed by atoms with van der Waals surface area (Å²) in [5, 5.41) is 2.90. The lowest BCUT2D eigenvalue weighted by Crippen LogP contribution is -2.34. The minimum Gasteiger partial charge on any atom is -0.379 e. The van der Waals surface area contributed by atoms with Crippen LogP contribution >= 0.6 is 22.9 Å². The van der Waals surface area contributed by atoms with Gasteiger partial charge in [0.1, 0.15) is 0 Å². The van der Waals surface area contributed by atoms with E-state index in [1.807, 2.05) is 0 Å². The van der Waals surface area contributed by atoms with Gasteiger partial charge in [0.2, 0.25) is 0 Å². The summed E-state index contributed by atoms with van der Waals surface area (Å²) in [6, 6.07) is 3.62. The molecule has 0 unspecified atom stereocenters. The van der Waals surface area contributed by atoms with Crippen molar-refractivity contribution in [3.63, 3.8) is 0 Å². The van der Waals surface area contributed by atoms with Gasteiger partial charge in [-0.05, 0) is 18.6 Å². The number of amides is 1. The molecular formula is C9H10ClNO2S. The van der Waals surface area contributed by atoms with Gasteiger partial charge in [-0.25, -0.2) is 0 Å². The van der Waals surface area contributed by atoms with E-state index in [9.17, 15) is 4.79 Å². The maximum Gasteiger partial charge on any atom is 0.261 e. The fourth-order valence-electron chi connectivity index (χ4n) is 1.34. The number of rotatable bonds is 2. The van der Waals surface area contributed by atoms with Crippen molar-refractivity contribution in [3.05, 3.63) is 21.3 Å². The summed E-state index contributed by atoms with van der Waals surface area (Å²) in [5.41, 5.74) is 0. The van der Waals surface area contributed by atoms with Gasteiger partial charge in [0.15, 0.2) is 0 Å². The highest BCUT2D eigenvalue weighted by molar-refractivity contribution is 7.17. The number of hydrogen-bond acceptors (Lipinski definition) is 3. The van der Waals surface area contributed by atoms with Gasteiger partial charge in [0.25, 0.3) is 5.91 Å². The van der Waals surface area contributed by atoms with E-state index in [-0.39, 0.29) is 11.9 Å². The monoisotopic (exact) mass is 231 g/mol. The van der Waals surface area contributed by atoms with E-state index in [2.05, 4.69) is 5.32 Å². The van der Waals surface area contributed by atoms with Crippen molar-refractivity contribution in [2.45, 2.75) is 12.5 Å². The maximum absolute atomic E-state index is 11.6. The molecule has 1 saturated heterocycles. The van der Waals surface area contributed by atoms with Crippen LogP contribution in [0.4, 0.5) is 0 Å². The van der Waals surface area contributed by atoms with Crippen LogP contribution in [0.3, 0.4) is 0 Å². The van der Waals surface area contributed by atoms with Crippen LogP contribution in [-0.4, -0.2) is 25.2 Å². The molecule has 1 amide bonds. The number of halogens is 1. The van der Waals surface area contributed by atoms with Crippen molar-refractivity contribution >= 4 is 28.8 Å². The third-order valence-corrected chi connectivity index (χ3v) is 3.29. The average Bonchev–Trinajstić information content (AvgIpc) is 2.75. The molecule has 1 aromatic heterocycles. The largest absolute Gasteiger partial charge is 0.379 e. The molecule has 76 valence electrons. The van der Waals surface area contributed by atoms with E-state index in [1.54, 1.807) is 12.1 Å². The van der Waals surface area contributed by atoms with Gasteiger partial charge in [-0.2, -0.15) is 0 Å². The highest BCUT2D eigenvalue weighted by Gasteiger charge is 2.19. The molecule has 0 aromatic carbocycles. The quantitative estimate of drug-likeness (QED) is 0.845. The maximum atomic E-state index is 11.6. The second kappa shape index (κ2) is 4.29. The molecule has 0 spiro atoms. The zero-order valence-corrected chi connectivity index (χ0v) is 9.03. The molecule has 0 radical (unpaired) electrons. The van der Waals surface area contributed by atoms with Gasteiger partial charge in [0.05, 0.1) is 21.9 Å². The highest BCUT2D eigenvalue weighted by Crippen LogP contribution is 2.21. The standard InChI is InChI=1S/C9H10ClNO2S/c10-8-2-1-7(14-8)9(12)11-6-3-4-13-5-6/h1-2,6H,3-5H2,(H,11,12)/t6-/m0/s1. The smallest absolute Gasteiger partial charge is 0.261 e. The second-order valence-corrected chi connectivity index (χ2v) is 4.85. The molecule has 0 aliphatic carbocycles. The summed E-state index contributed by atoms with van der Waals surface area (Å²) >= 11 is 7.03. The summed E-state index contributed by atoms with van der Waals surface area (Å²) < 4.78 is 5.80. The van der Waals surface area contributed by atoms with Crippen molar-refractivity contribution in [2.75, 3.05) is 13.2 Å². The van der Waals surface area contributed by atoms with Crippen LogP contribution in [0.25, 0.3) is 0 Å². The average molecular weight is 232 g/mol. The Hall–Kier alpha value is -0.580. The first-order valence-corrected chi connectivity index (χ1v) is 5.59. The van der Waals surface area contributed by atoms with Crippen LogP contribution in [0, 0.1) is 0 Å². The minimum atomic E-state index is -0.0580. The van der Waals surface area contributed by atoms with E-state index in [0.717, 1.165) is 13.0 Å². The molecule has 2 heterocycles. The second-order valence-electron chi connectivity index (χ2n) is 3.14. The van der Waals surface area contributed by atoms with Gasteiger partial charge in [-0.15, -0.1) is 11.3 Å². The minimum absolute atomic E-state index is 0.0580. The third-order valence-electron chi connectivity index (χ3n) is 2.06. The molecule has 1 N–H and O–H groups in total. The molecule has 1 atom stereocenters. The summed E-state index contributed by atoms with van der Waals surface area (Å²) in [6.45, 7) is 1.35. The lowest BCUT2D eigenvalue weighted by Gasteiger charge is -2.08. The summed E-state index contributed by atoms with van der Waals surface area (Å²) in [4.78, 5) is 12.3. The molecule has 3 nitrogen and oxygen atoms in total. The number of thiophene rings is 1. The lowest BCUT2D eigenvalue weighted by atomic mass is 10.2. The normalized spacial score (nSPS) is 21.1. The van der Waals surface area contributed by atoms with E-state index < -0.39 is 0 Å². The molecular weight excluding hydrogens is 222 g/mol. The summed E-state index contributed by atoms with van der Waals surface area (Å²) in [7, 11) is 0. The Balaban J connectivity index is 1.95. The Morgan fingerprint density at radius 3 is 3.07 bits per heavy atom. The van der Waals surface area contributed by atoms with Crippen molar-refractivity contribution in [3.8, 4) is 0 Å². The van der Waals surface area contributed by atoms with Crippen LogP contribution in [0.1, 0.15) is 16.1 Å². The number of carbonyl (C=O) groups excluding carboxylic acids is 1. The molecule has 14 heavy (non-hydrogen) atoms. The number of nitrogens with one attached hydrogen (secondary N) is 1. The van der Waals surface area contributed by atoms with Crippen molar-refractivity contribution in [1.82, 2.24) is 5.32 Å². The fraction of sp³-hybridized carbons (Fsp3) is 0.444. The lowest BCUT2D eigenvalue weighted by molar-refractivity contribution is 0.0934. The van der Waals surface area contributed by atoms with Crippen LogP contribution < -0.4 is 5.32 Å². The zero-order chi connectivity index (χ0) is 9.97. The van der Waals surface area contributed by atoms with Crippen LogP contribution in [0.5, 0.6) is 0 Å². The molecule has 1 aliphatic heterocycles. The van der Waals surface area contributed by atoms with Crippen molar-refractivity contribution < 1.29 is 9.53 Å². The first-order valence-electron chi connectivity index (χ1n) is 4.39. The van der Waals surface area contributed by atoms with E-state index in [1.165, 1.54) is 11.3 Å². The number of carbonyl (C=O) groups is 1. The Labute approximate surface area is 91.0 Å². The predicted octanol–water partition coefficient (Wildman–Crippen LogP) is 1.92. The highest BCUT2D eigenvalue weighted by atomic mass is 35.5. The molecule has 1 aromatic rings. The predicted molar refractivity (Wildman–Crippen MR) is 56.0 cm³/mol. The molecule has 1 aliphatic rings. The Morgan fingerprint density at radius 2 is 2.50 bits per heavy atom. The van der Waals surface area contributed by atoms with Gasteiger partial charge < -0.3 is 10.1 Å². The number of ether oxygens (including phenoxy) is 1. The van der Waals surface area contributed by atoms with Gasteiger partial charge in [-0.1, -0.05) is 11.6 Å². The zero-order valence-electron chi connectivity index (χ0n) is 7.46. The van der Waals surface area contributed by atoms with E-state index in [4.69, 9.17) is 16.3 Å². The number of hydrogen-bond donors (Lipinski definition) is 1. The first kappa shape index (κ1) is 9.96. The van der Waals surface area contributed by atoms with Crippen LogP contribution in [0.15, 0.2) is 12.1 Å². The molecule has 2 rings (SSSR count). The summed E-state index contributed by atoms with van der Waals surface area (Å²) in [5.74, 6) is -0.0580. The van der Waals surface area contributed by atoms with Crippen molar-refractivity contribution in [1.29, 1.82) is 0 Å². The van der Waals surface area contributed by atoms with Gasteiger partial charge >= 0.3 is 0 Å². The third kappa shape index (κ3) is 2.26. The molecule has 0 saturated carbocycles.